The highest BCUT2D eigenvalue weighted by atomic mass is 35.5. The van der Waals surface area contributed by atoms with E-state index in [0.29, 0.717) is 38.3 Å². The molecule has 0 aliphatic carbocycles. The summed E-state index contributed by atoms with van der Waals surface area (Å²) in [5.74, 6) is 1.08. The molecule has 2 aromatic rings. The van der Waals surface area contributed by atoms with Crippen molar-refractivity contribution in [2.75, 3.05) is 6.54 Å². The fraction of sp³-hybridized carbons (Fsp3) is 0.238. The monoisotopic (exact) mass is 451 g/mol. The van der Waals surface area contributed by atoms with Crippen LogP contribution in [0.1, 0.15) is 25.0 Å². The Morgan fingerprint density at radius 1 is 1.14 bits per heavy atom. The Morgan fingerprint density at radius 3 is 2.50 bits per heavy atom. The zero-order chi connectivity index (χ0) is 20.3. The van der Waals surface area contributed by atoms with Crippen molar-refractivity contribution in [2.45, 2.75) is 20.5 Å². The molecule has 3 nitrogen and oxygen atoms in total. The number of nitrogens with zero attached hydrogens (tertiary/aromatic N) is 1. The first kappa shape index (κ1) is 21.2. The van der Waals surface area contributed by atoms with Gasteiger partial charge in [-0.25, -0.2) is 0 Å². The summed E-state index contributed by atoms with van der Waals surface area (Å²) < 4.78 is 6.40. The number of carbonyl (C=O) groups is 1. The van der Waals surface area contributed by atoms with Crippen LogP contribution in [0.15, 0.2) is 47.4 Å². The van der Waals surface area contributed by atoms with Crippen LogP contribution in [0.2, 0.25) is 10.0 Å². The minimum absolute atomic E-state index is 0.0244. The predicted molar refractivity (Wildman–Crippen MR) is 122 cm³/mol. The van der Waals surface area contributed by atoms with Crippen LogP contribution in [0.3, 0.4) is 0 Å². The molecule has 146 valence electrons. The summed E-state index contributed by atoms with van der Waals surface area (Å²) in [6.45, 7) is 5.17. The minimum atomic E-state index is -0.0244. The summed E-state index contributed by atoms with van der Waals surface area (Å²) in [7, 11) is 0. The highest BCUT2D eigenvalue weighted by molar-refractivity contribution is 8.26. The molecule has 0 spiro atoms. The van der Waals surface area contributed by atoms with Crippen LogP contribution < -0.4 is 4.74 Å². The second-order valence-electron chi connectivity index (χ2n) is 6.79. The molecular weight excluding hydrogens is 433 g/mol. The van der Waals surface area contributed by atoms with Gasteiger partial charge in [0.1, 0.15) is 16.7 Å². The highest BCUT2D eigenvalue weighted by Crippen LogP contribution is 2.33. The van der Waals surface area contributed by atoms with E-state index in [1.807, 2.05) is 36.4 Å². The number of rotatable bonds is 6. The van der Waals surface area contributed by atoms with Gasteiger partial charge in [-0.2, -0.15) is 0 Å². The number of amides is 1. The Morgan fingerprint density at radius 2 is 1.86 bits per heavy atom. The lowest BCUT2D eigenvalue weighted by Gasteiger charge is -2.16. The molecule has 0 saturated carbocycles. The summed E-state index contributed by atoms with van der Waals surface area (Å²) in [5, 5.41) is 1.03. The van der Waals surface area contributed by atoms with Crippen LogP contribution in [-0.4, -0.2) is 21.7 Å². The SMILES string of the molecule is CC(C)CN1C(=O)/C(=C/c2ccc(OCc3ccc(Cl)c(Cl)c3)cc2)SC1=S. The standard InChI is InChI=1S/C21H19Cl2NO2S2/c1-13(2)11-24-20(25)19(28-21(24)27)10-14-3-6-16(7-4-14)26-12-15-5-8-17(22)18(23)9-15/h3-10,13H,11-12H2,1-2H3/b19-10-. The maximum atomic E-state index is 12.5. The van der Waals surface area contributed by atoms with Gasteiger partial charge in [-0.3, -0.25) is 9.69 Å². The minimum Gasteiger partial charge on any atom is -0.489 e. The summed E-state index contributed by atoms with van der Waals surface area (Å²) in [6.07, 6.45) is 1.86. The molecule has 1 aliphatic heterocycles. The topological polar surface area (TPSA) is 29.5 Å². The van der Waals surface area contributed by atoms with E-state index in [0.717, 1.165) is 16.9 Å². The largest absolute Gasteiger partial charge is 0.489 e. The van der Waals surface area contributed by atoms with Gasteiger partial charge in [-0.05, 0) is 47.4 Å². The Balaban J connectivity index is 1.64. The van der Waals surface area contributed by atoms with E-state index in [1.165, 1.54) is 11.8 Å². The van der Waals surface area contributed by atoms with Gasteiger partial charge >= 0.3 is 0 Å². The Kier molecular flexibility index (Phi) is 7.05. The van der Waals surface area contributed by atoms with E-state index in [9.17, 15) is 4.79 Å². The first-order valence-corrected chi connectivity index (χ1v) is 10.7. The number of thiocarbonyl (C=S) groups is 1. The lowest BCUT2D eigenvalue weighted by atomic mass is 10.2. The number of thioether (sulfide) groups is 1. The molecule has 1 amide bonds. The van der Waals surface area contributed by atoms with E-state index in [2.05, 4.69) is 13.8 Å². The molecule has 1 aliphatic rings. The number of carbonyl (C=O) groups excluding carboxylic acids is 1. The van der Waals surface area contributed by atoms with Crippen molar-refractivity contribution in [2.24, 2.45) is 5.92 Å². The summed E-state index contributed by atoms with van der Waals surface area (Å²) >= 11 is 18.6. The van der Waals surface area contributed by atoms with Crippen molar-refractivity contribution < 1.29 is 9.53 Å². The molecule has 0 radical (unpaired) electrons. The van der Waals surface area contributed by atoms with Crippen molar-refractivity contribution in [3.8, 4) is 5.75 Å². The van der Waals surface area contributed by atoms with Gasteiger partial charge in [-0.15, -0.1) is 0 Å². The number of ether oxygens (including phenoxy) is 1. The third-order valence-corrected chi connectivity index (χ3v) is 6.11. The lowest BCUT2D eigenvalue weighted by Crippen LogP contribution is -2.31. The fourth-order valence-electron chi connectivity index (χ4n) is 2.63. The molecule has 1 fully saturated rings. The number of halogens is 2. The molecular formula is C21H19Cl2NO2S2. The number of hydrogen-bond acceptors (Lipinski definition) is 4. The molecule has 3 rings (SSSR count). The molecule has 1 saturated heterocycles. The van der Waals surface area contributed by atoms with Gasteiger partial charge in [0.2, 0.25) is 0 Å². The van der Waals surface area contributed by atoms with E-state index in [-0.39, 0.29) is 5.91 Å². The van der Waals surface area contributed by atoms with Crippen molar-refractivity contribution >= 4 is 63.5 Å². The molecule has 1 heterocycles. The molecule has 28 heavy (non-hydrogen) atoms. The summed E-state index contributed by atoms with van der Waals surface area (Å²) in [6, 6.07) is 13.0. The maximum Gasteiger partial charge on any atom is 0.266 e. The highest BCUT2D eigenvalue weighted by Gasteiger charge is 2.32. The van der Waals surface area contributed by atoms with E-state index < -0.39 is 0 Å². The second kappa shape index (κ2) is 9.31. The van der Waals surface area contributed by atoms with E-state index >= 15 is 0 Å². The average Bonchev–Trinajstić information content (AvgIpc) is 2.91. The van der Waals surface area contributed by atoms with Gasteiger partial charge < -0.3 is 4.74 Å². The Hall–Kier alpha value is -1.53. The molecule has 0 bridgehead atoms. The van der Waals surface area contributed by atoms with Gasteiger partial charge in [0.05, 0.1) is 15.0 Å². The van der Waals surface area contributed by atoms with Crippen LogP contribution in [0.5, 0.6) is 5.75 Å². The average molecular weight is 452 g/mol. The lowest BCUT2D eigenvalue weighted by molar-refractivity contribution is -0.122. The van der Waals surface area contributed by atoms with Gasteiger partial charge in [0.25, 0.3) is 5.91 Å². The Bertz CT molecular complexity index is 927. The van der Waals surface area contributed by atoms with Crippen LogP contribution in [0, 0.1) is 5.92 Å². The Labute approximate surface area is 184 Å². The zero-order valence-corrected chi connectivity index (χ0v) is 18.6. The number of hydrogen-bond donors (Lipinski definition) is 0. The van der Waals surface area contributed by atoms with Gasteiger partial charge in [0.15, 0.2) is 0 Å². The summed E-state index contributed by atoms with van der Waals surface area (Å²) in [5.41, 5.74) is 1.86. The maximum absolute atomic E-state index is 12.5. The van der Waals surface area contributed by atoms with Crippen LogP contribution in [-0.2, 0) is 11.4 Å². The van der Waals surface area contributed by atoms with Crippen molar-refractivity contribution in [3.63, 3.8) is 0 Å². The predicted octanol–water partition coefficient (Wildman–Crippen LogP) is 6.43. The quantitative estimate of drug-likeness (QED) is 0.373. The molecule has 0 N–H and O–H groups in total. The first-order chi connectivity index (χ1) is 13.3. The van der Waals surface area contributed by atoms with Crippen molar-refractivity contribution in [1.29, 1.82) is 0 Å². The van der Waals surface area contributed by atoms with Crippen molar-refractivity contribution in [1.82, 2.24) is 4.90 Å². The van der Waals surface area contributed by atoms with Crippen LogP contribution >= 0.6 is 47.2 Å². The second-order valence-corrected chi connectivity index (χ2v) is 9.28. The van der Waals surface area contributed by atoms with E-state index in [1.54, 1.807) is 17.0 Å². The zero-order valence-electron chi connectivity index (χ0n) is 15.4. The van der Waals surface area contributed by atoms with Gasteiger partial charge in [-0.1, -0.05) is 79.2 Å². The first-order valence-electron chi connectivity index (χ1n) is 8.75. The molecule has 0 aromatic heterocycles. The molecule has 0 atom stereocenters. The number of benzene rings is 2. The van der Waals surface area contributed by atoms with Gasteiger partial charge in [0, 0.05) is 6.54 Å². The summed E-state index contributed by atoms with van der Waals surface area (Å²) in [4.78, 5) is 14.9. The normalized spacial score (nSPS) is 15.8. The van der Waals surface area contributed by atoms with Crippen LogP contribution in [0.4, 0.5) is 0 Å². The molecule has 2 aromatic carbocycles. The third-order valence-electron chi connectivity index (χ3n) is 3.99. The smallest absolute Gasteiger partial charge is 0.266 e. The van der Waals surface area contributed by atoms with Crippen molar-refractivity contribution in [3.05, 3.63) is 68.5 Å². The third kappa shape index (κ3) is 5.29. The molecule has 0 unspecified atom stereocenters. The fourth-order valence-corrected chi connectivity index (χ4v) is 4.23. The molecule has 7 heteroatoms. The van der Waals surface area contributed by atoms with E-state index in [4.69, 9.17) is 40.2 Å². The van der Waals surface area contributed by atoms with Crippen LogP contribution in [0.25, 0.3) is 6.08 Å².